The fourth-order valence-electron chi connectivity index (χ4n) is 3.66. The van der Waals surface area contributed by atoms with Gasteiger partial charge in [-0.15, -0.1) is 0 Å². The molecule has 1 unspecified atom stereocenters. The number of hydrogen-bond donors (Lipinski definition) is 1. The Hall–Kier alpha value is -3.07. The van der Waals surface area contributed by atoms with Crippen LogP contribution >= 0.6 is 0 Å². The first-order valence-electron chi connectivity index (χ1n) is 7.58. The van der Waals surface area contributed by atoms with Gasteiger partial charge in [-0.3, -0.25) is 4.79 Å². The van der Waals surface area contributed by atoms with E-state index >= 15 is 0 Å². The van der Waals surface area contributed by atoms with E-state index in [-0.39, 0.29) is 5.91 Å². The van der Waals surface area contributed by atoms with Gasteiger partial charge in [0.05, 0.1) is 6.26 Å². The second-order valence-corrected chi connectivity index (χ2v) is 5.85. The monoisotopic (exact) mass is 299 g/mol. The third kappa shape index (κ3) is 1.51. The molecular weight excluding hydrogens is 286 g/mol. The Balaban J connectivity index is 1.92. The predicted molar refractivity (Wildman–Crippen MR) is 88.8 cm³/mol. The van der Waals surface area contributed by atoms with Crippen LogP contribution in [0, 0.1) is 0 Å². The van der Waals surface area contributed by atoms with Gasteiger partial charge in [-0.05, 0) is 28.5 Å². The Morgan fingerprint density at radius 2 is 1.74 bits per heavy atom. The van der Waals surface area contributed by atoms with Crippen LogP contribution < -0.4 is 5.32 Å². The van der Waals surface area contributed by atoms with Crippen molar-refractivity contribution in [3.8, 4) is 0 Å². The maximum absolute atomic E-state index is 12.5. The van der Waals surface area contributed by atoms with E-state index in [2.05, 4.69) is 29.6 Å². The van der Waals surface area contributed by atoms with Crippen LogP contribution in [0.1, 0.15) is 27.0 Å². The lowest BCUT2D eigenvalue weighted by Gasteiger charge is -2.35. The zero-order valence-electron chi connectivity index (χ0n) is 12.2. The second-order valence-electron chi connectivity index (χ2n) is 5.85. The van der Waals surface area contributed by atoms with Crippen molar-refractivity contribution in [2.24, 2.45) is 0 Å². The van der Waals surface area contributed by atoms with Crippen LogP contribution in [0.5, 0.6) is 0 Å². The van der Waals surface area contributed by atoms with Crippen molar-refractivity contribution < 1.29 is 9.53 Å². The van der Waals surface area contributed by atoms with Gasteiger partial charge in [0.25, 0.3) is 5.91 Å². The van der Waals surface area contributed by atoms with E-state index in [0.29, 0.717) is 5.56 Å². The van der Waals surface area contributed by atoms with Crippen LogP contribution in [0.3, 0.4) is 0 Å². The first-order chi connectivity index (χ1) is 11.3. The molecule has 3 nitrogen and oxygen atoms in total. The maximum Gasteiger partial charge on any atom is 0.255 e. The van der Waals surface area contributed by atoms with E-state index < -0.39 is 5.72 Å². The van der Waals surface area contributed by atoms with Crippen LogP contribution in [0.15, 0.2) is 66.9 Å². The van der Waals surface area contributed by atoms with Gasteiger partial charge in [0.15, 0.2) is 0 Å². The van der Waals surface area contributed by atoms with E-state index in [1.54, 1.807) is 6.26 Å². The molecule has 1 spiro atoms. The molecule has 1 N–H and O–H groups in total. The van der Waals surface area contributed by atoms with E-state index in [1.807, 2.05) is 42.5 Å². The summed E-state index contributed by atoms with van der Waals surface area (Å²) in [5, 5.41) is 5.29. The Morgan fingerprint density at radius 1 is 0.913 bits per heavy atom. The Morgan fingerprint density at radius 3 is 2.70 bits per heavy atom. The number of rotatable bonds is 0. The topological polar surface area (TPSA) is 38.3 Å². The van der Waals surface area contributed by atoms with Crippen LogP contribution in [-0.2, 0) is 10.5 Å². The summed E-state index contributed by atoms with van der Waals surface area (Å²) in [4.78, 5) is 12.5. The van der Waals surface area contributed by atoms with Crippen molar-refractivity contribution in [2.45, 2.75) is 5.72 Å². The van der Waals surface area contributed by atoms with Gasteiger partial charge in [-0.2, -0.15) is 0 Å². The summed E-state index contributed by atoms with van der Waals surface area (Å²) in [7, 11) is 0. The number of ether oxygens (including phenoxy) is 1. The molecule has 0 aliphatic carbocycles. The molecule has 0 radical (unpaired) electrons. The molecule has 5 rings (SSSR count). The van der Waals surface area contributed by atoms with Crippen LogP contribution in [0.4, 0.5) is 0 Å². The van der Waals surface area contributed by atoms with E-state index in [4.69, 9.17) is 4.74 Å². The number of fused-ring (bicyclic) bond motifs is 6. The molecule has 2 heterocycles. The van der Waals surface area contributed by atoms with Crippen LogP contribution in [0.2, 0.25) is 0 Å². The lowest BCUT2D eigenvalue weighted by molar-refractivity contribution is 0.0318. The van der Waals surface area contributed by atoms with Gasteiger partial charge in [0.1, 0.15) is 0 Å². The normalized spacial score (nSPS) is 21.0. The van der Waals surface area contributed by atoms with Crippen molar-refractivity contribution in [2.75, 3.05) is 0 Å². The summed E-state index contributed by atoms with van der Waals surface area (Å²) in [5.41, 5.74) is 2.65. The number of carbonyl (C=O) groups excluding carboxylic acids is 1. The van der Waals surface area contributed by atoms with E-state index in [1.165, 1.54) is 0 Å². The van der Waals surface area contributed by atoms with Gasteiger partial charge >= 0.3 is 0 Å². The molecule has 2 aliphatic rings. The molecule has 23 heavy (non-hydrogen) atoms. The van der Waals surface area contributed by atoms with Crippen molar-refractivity contribution >= 4 is 22.8 Å². The lowest BCUT2D eigenvalue weighted by atomic mass is 9.86. The third-order valence-corrected chi connectivity index (χ3v) is 4.65. The summed E-state index contributed by atoms with van der Waals surface area (Å²) >= 11 is 0. The number of hydrogen-bond acceptors (Lipinski definition) is 2. The number of carbonyl (C=O) groups is 1. The van der Waals surface area contributed by atoms with E-state index in [9.17, 15) is 4.79 Å². The molecule has 0 fully saturated rings. The summed E-state index contributed by atoms with van der Waals surface area (Å²) in [5.74, 6) is -0.102. The van der Waals surface area contributed by atoms with Gasteiger partial charge in [-0.1, -0.05) is 54.6 Å². The van der Waals surface area contributed by atoms with Crippen molar-refractivity contribution in [3.05, 3.63) is 89.2 Å². The average Bonchev–Trinajstić information content (AvgIpc) is 2.88. The molecular formula is C20H13NO2. The van der Waals surface area contributed by atoms with Gasteiger partial charge in [-0.25, -0.2) is 0 Å². The summed E-state index contributed by atoms with van der Waals surface area (Å²) in [6.07, 6.45) is 3.61. The highest BCUT2D eigenvalue weighted by Crippen LogP contribution is 2.45. The average molecular weight is 299 g/mol. The van der Waals surface area contributed by atoms with Gasteiger partial charge in [0, 0.05) is 16.7 Å². The fourth-order valence-corrected chi connectivity index (χ4v) is 3.66. The summed E-state index contributed by atoms with van der Waals surface area (Å²) in [6, 6.07) is 20.0. The second kappa shape index (κ2) is 4.23. The fraction of sp³-hybridized carbons (Fsp3) is 0.0500. The largest absolute Gasteiger partial charge is 0.467 e. The number of amides is 1. The maximum atomic E-state index is 12.5. The lowest BCUT2D eigenvalue weighted by Crippen LogP contribution is -2.43. The number of benzene rings is 3. The molecule has 0 saturated carbocycles. The molecule has 1 atom stereocenters. The molecule has 3 heteroatoms. The molecule has 1 amide bonds. The highest BCUT2D eigenvalue weighted by atomic mass is 16.5. The Labute approximate surface area is 133 Å². The minimum absolute atomic E-state index is 0.102. The van der Waals surface area contributed by atoms with Gasteiger partial charge < -0.3 is 10.1 Å². The summed E-state index contributed by atoms with van der Waals surface area (Å²) < 4.78 is 6.05. The third-order valence-electron chi connectivity index (χ3n) is 4.65. The molecule has 110 valence electrons. The Bertz CT molecular complexity index is 1010. The summed E-state index contributed by atoms with van der Waals surface area (Å²) in [6.45, 7) is 0. The van der Waals surface area contributed by atoms with E-state index in [0.717, 1.165) is 27.5 Å². The standard InChI is InChI=1S/C20H13NO2/c22-19-16-7-3-4-8-17(16)20(21-19)18-14(11-12-23-20)10-9-13-5-1-2-6-15(13)18/h1-12H,(H,21,22). The first kappa shape index (κ1) is 12.5. The zero-order valence-corrected chi connectivity index (χ0v) is 12.2. The van der Waals surface area contributed by atoms with Gasteiger partial charge in [0.2, 0.25) is 5.72 Å². The highest BCUT2D eigenvalue weighted by Gasteiger charge is 2.48. The molecule has 3 aromatic carbocycles. The minimum atomic E-state index is -0.946. The van der Waals surface area contributed by atoms with Crippen molar-refractivity contribution in [3.63, 3.8) is 0 Å². The van der Waals surface area contributed by atoms with Crippen LogP contribution in [0.25, 0.3) is 16.8 Å². The molecule has 0 bridgehead atoms. The quantitative estimate of drug-likeness (QED) is 0.686. The van der Waals surface area contributed by atoms with Crippen LogP contribution in [-0.4, -0.2) is 5.91 Å². The molecule has 2 aliphatic heterocycles. The smallest absolute Gasteiger partial charge is 0.255 e. The molecule has 0 aromatic heterocycles. The van der Waals surface area contributed by atoms with Crippen molar-refractivity contribution in [1.82, 2.24) is 5.32 Å². The number of nitrogens with one attached hydrogen (secondary N) is 1. The molecule has 0 saturated heterocycles. The zero-order chi connectivity index (χ0) is 15.4. The first-order valence-corrected chi connectivity index (χ1v) is 7.58. The SMILES string of the molecule is O=C1NC2(OC=Cc3ccc4ccccc4c32)c2ccccc21. The van der Waals surface area contributed by atoms with Crippen molar-refractivity contribution in [1.29, 1.82) is 0 Å². The Kier molecular flexibility index (Phi) is 2.29. The highest BCUT2D eigenvalue weighted by molar-refractivity contribution is 6.02. The molecule has 3 aromatic rings. The predicted octanol–water partition coefficient (Wildman–Crippen LogP) is 3.79. The minimum Gasteiger partial charge on any atom is -0.467 e.